The number of imide groups is 1. The van der Waals surface area contributed by atoms with Crippen LogP contribution in [0.25, 0.3) is 0 Å². The molecule has 0 unspecified atom stereocenters. The first-order valence-electron chi connectivity index (χ1n) is 14.3. The molecule has 0 aliphatic carbocycles. The van der Waals surface area contributed by atoms with Gasteiger partial charge in [-0.25, -0.2) is 4.79 Å². The Morgan fingerprint density at radius 1 is 0.947 bits per heavy atom. The summed E-state index contributed by atoms with van der Waals surface area (Å²) in [5.41, 5.74) is 1.79. The largest absolute Gasteiger partial charge is 0.490 e. The lowest BCUT2D eigenvalue weighted by atomic mass is 9.95. The Balaban J connectivity index is 1.14. The molecule has 5 rings (SSSR count). The molecule has 208 valence electrons. The zero-order valence-electron chi connectivity index (χ0n) is 23.0. The molecule has 4 aliphatic rings. The summed E-state index contributed by atoms with van der Waals surface area (Å²) < 4.78 is 12.1. The van der Waals surface area contributed by atoms with Gasteiger partial charge in [0.25, 0.3) is 0 Å². The fraction of sp³-hybridized carbons (Fsp3) is 0.690. The molecule has 9 nitrogen and oxygen atoms in total. The summed E-state index contributed by atoms with van der Waals surface area (Å²) in [5, 5.41) is 2.50. The van der Waals surface area contributed by atoms with Crippen molar-refractivity contribution in [1.82, 2.24) is 15.1 Å². The molecule has 4 aliphatic heterocycles. The number of benzene rings is 1. The van der Waals surface area contributed by atoms with Gasteiger partial charge in [-0.2, -0.15) is 0 Å². The summed E-state index contributed by atoms with van der Waals surface area (Å²) in [5.74, 6) is 0.564. The summed E-state index contributed by atoms with van der Waals surface area (Å²) in [7, 11) is 0. The molecular formula is C29H42N4O5. The van der Waals surface area contributed by atoms with Crippen LogP contribution in [0.2, 0.25) is 0 Å². The number of nitrogens with zero attached hydrogens (tertiary/aromatic N) is 3. The van der Waals surface area contributed by atoms with E-state index < -0.39 is 5.60 Å². The molecule has 0 radical (unpaired) electrons. The van der Waals surface area contributed by atoms with Crippen LogP contribution in [0.5, 0.6) is 5.75 Å². The molecule has 3 saturated heterocycles. The van der Waals surface area contributed by atoms with Gasteiger partial charge in [-0.05, 0) is 77.8 Å². The van der Waals surface area contributed by atoms with E-state index in [-0.39, 0.29) is 30.1 Å². The predicted molar refractivity (Wildman–Crippen MR) is 144 cm³/mol. The second-order valence-electron chi connectivity index (χ2n) is 12.1. The number of carbonyl (C=O) groups is 3. The third-order valence-corrected chi connectivity index (χ3v) is 8.23. The summed E-state index contributed by atoms with van der Waals surface area (Å²) in [6.45, 7) is 10.0. The SMILES string of the molecule is CC(C)(C)OC(=O)N1CCC(N2CCC(Oc3cccc4c3CCCN4[C@H]3CCC(=O)NC3=O)CC2)CC1. The molecule has 0 aromatic heterocycles. The highest BCUT2D eigenvalue weighted by Crippen LogP contribution is 2.37. The molecule has 4 heterocycles. The Hall–Kier alpha value is -2.81. The van der Waals surface area contributed by atoms with Crippen molar-refractivity contribution in [2.45, 2.75) is 95.9 Å². The molecular weight excluding hydrogens is 484 g/mol. The monoisotopic (exact) mass is 526 g/mol. The number of likely N-dealkylation sites (tertiary alicyclic amines) is 2. The molecule has 9 heteroatoms. The summed E-state index contributed by atoms with van der Waals surface area (Å²) in [6.07, 6.45) is 6.73. The van der Waals surface area contributed by atoms with Crippen molar-refractivity contribution in [3.05, 3.63) is 23.8 Å². The van der Waals surface area contributed by atoms with Crippen LogP contribution >= 0.6 is 0 Å². The van der Waals surface area contributed by atoms with Crippen LogP contribution in [0, 0.1) is 0 Å². The quantitative estimate of drug-likeness (QED) is 0.601. The van der Waals surface area contributed by atoms with Crippen molar-refractivity contribution in [3.8, 4) is 5.75 Å². The van der Waals surface area contributed by atoms with Gasteiger partial charge in [0.1, 0.15) is 23.5 Å². The third-order valence-electron chi connectivity index (χ3n) is 8.23. The number of anilines is 1. The van der Waals surface area contributed by atoms with E-state index in [0.29, 0.717) is 18.9 Å². The standard InChI is InChI=1S/C29H42N4O5/c1-29(2,3)38-28(36)32-16-11-20(12-17-32)31-18-13-21(14-19-31)37-25-8-4-7-23-22(25)6-5-15-33(23)24-9-10-26(34)30-27(24)35/h4,7-8,20-21,24H,5-6,9-19H2,1-3H3,(H,30,34,35)/t24-/m0/s1. The number of nitrogens with one attached hydrogen (secondary N) is 1. The minimum absolute atomic E-state index is 0.172. The van der Waals surface area contributed by atoms with Crippen LogP contribution in [0.3, 0.4) is 0 Å². The number of amides is 3. The van der Waals surface area contributed by atoms with E-state index in [1.165, 1.54) is 5.56 Å². The van der Waals surface area contributed by atoms with Gasteiger partial charge in [0.05, 0.1) is 0 Å². The van der Waals surface area contributed by atoms with Crippen LogP contribution < -0.4 is 15.0 Å². The smallest absolute Gasteiger partial charge is 0.410 e. The topological polar surface area (TPSA) is 91.4 Å². The zero-order chi connectivity index (χ0) is 26.9. The lowest BCUT2D eigenvalue weighted by molar-refractivity contribution is -0.134. The van der Waals surface area contributed by atoms with E-state index in [9.17, 15) is 14.4 Å². The van der Waals surface area contributed by atoms with Crippen LogP contribution in [0.1, 0.15) is 71.3 Å². The number of hydrogen-bond acceptors (Lipinski definition) is 7. The average Bonchev–Trinajstić information content (AvgIpc) is 2.88. The maximum Gasteiger partial charge on any atom is 0.410 e. The lowest BCUT2D eigenvalue weighted by Gasteiger charge is -2.42. The Labute approximate surface area is 225 Å². The Bertz CT molecular complexity index is 1040. The van der Waals surface area contributed by atoms with Gasteiger partial charge in [0, 0.05) is 56.4 Å². The second kappa shape index (κ2) is 11.1. The normalized spacial score (nSPS) is 24.1. The fourth-order valence-corrected chi connectivity index (χ4v) is 6.31. The second-order valence-corrected chi connectivity index (χ2v) is 12.1. The van der Waals surface area contributed by atoms with Gasteiger partial charge in [-0.15, -0.1) is 0 Å². The summed E-state index contributed by atoms with van der Waals surface area (Å²) in [4.78, 5) is 43.2. The van der Waals surface area contributed by atoms with Crippen molar-refractivity contribution in [2.24, 2.45) is 0 Å². The van der Waals surface area contributed by atoms with E-state index in [4.69, 9.17) is 9.47 Å². The van der Waals surface area contributed by atoms with E-state index in [2.05, 4.69) is 27.2 Å². The maximum atomic E-state index is 12.5. The average molecular weight is 527 g/mol. The highest BCUT2D eigenvalue weighted by molar-refractivity contribution is 6.01. The van der Waals surface area contributed by atoms with Gasteiger partial charge in [-0.3, -0.25) is 19.8 Å². The van der Waals surface area contributed by atoms with E-state index >= 15 is 0 Å². The Kier molecular flexibility index (Phi) is 7.84. The Morgan fingerprint density at radius 2 is 1.68 bits per heavy atom. The van der Waals surface area contributed by atoms with Crippen LogP contribution in [0.15, 0.2) is 18.2 Å². The minimum Gasteiger partial charge on any atom is -0.490 e. The van der Waals surface area contributed by atoms with Crippen molar-refractivity contribution >= 4 is 23.6 Å². The number of ether oxygens (including phenoxy) is 2. The van der Waals surface area contributed by atoms with Crippen molar-refractivity contribution in [1.29, 1.82) is 0 Å². The molecule has 0 spiro atoms. The van der Waals surface area contributed by atoms with Crippen LogP contribution in [-0.2, 0) is 20.7 Å². The molecule has 0 saturated carbocycles. The molecule has 3 amide bonds. The number of fused-ring (bicyclic) bond motifs is 1. The van der Waals surface area contributed by atoms with Crippen molar-refractivity contribution < 1.29 is 23.9 Å². The van der Waals surface area contributed by atoms with Gasteiger partial charge in [0.2, 0.25) is 11.8 Å². The van der Waals surface area contributed by atoms with Crippen LogP contribution in [0.4, 0.5) is 10.5 Å². The number of rotatable bonds is 4. The molecule has 3 fully saturated rings. The maximum absolute atomic E-state index is 12.5. The van der Waals surface area contributed by atoms with Gasteiger partial charge >= 0.3 is 6.09 Å². The van der Waals surface area contributed by atoms with Gasteiger partial charge < -0.3 is 19.3 Å². The molecule has 38 heavy (non-hydrogen) atoms. The van der Waals surface area contributed by atoms with Crippen molar-refractivity contribution in [2.75, 3.05) is 37.6 Å². The highest BCUT2D eigenvalue weighted by Gasteiger charge is 2.36. The molecule has 1 atom stereocenters. The minimum atomic E-state index is -0.461. The van der Waals surface area contributed by atoms with Crippen LogP contribution in [-0.4, -0.2) is 84.2 Å². The molecule has 1 aromatic rings. The molecule has 1 aromatic carbocycles. The van der Waals surface area contributed by atoms with Gasteiger partial charge in [0.15, 0.2) is 0 Å². The van der Waals surface area contributed by atoms with Gasteiger partial charge in [-0.1, -0.05) is 6.07 Å². The zero-order valence-corrected chi connectivity index (χ0v) is 23.0. The summed E-state index contributed by atoms with van der Waals surface area (Å²) in [6, 6.07) is 6.36. The first-order valence-corrected chi connectivity index (χ1v) is 14.3. The first-order chi connectivity index (χ1) is 18.2. The number of piperidine rings is 3. The van der Waals surface area contributed by atoms with E-state index in [1.807, 2.05) is 31.7 Å². The first kappa shape index (κ1) is 26.8. The summed E-state index contributed by atoms with van der Waals surface area (Å²) >= 11 is 0. The highest BCUT2D eigenvalue weighted by atomic mass is 16.6. The van der Waals surface area contributed by atoms with Crippen molar-refractivity contribution in [3.63, 3.8) is 0 Å². The van der Waals surface area contributed by atoms with E-state index in [1.54, 1.807) is 0 Å². The number of hydrogen-bond donors (Lipinski definition) is 1. The Morgan fingerprint density at radius 3 is 2.37 bits per heavy atom. The number of carbonyl (C=O) groups excluding carboxylic acids is 3. The molecule has 0 bridgehead atoms. The fourth-order valence-electron chi connectivity index (χ4n) is 6.31. The third kappa shape index (κ3) is 6.08. The lowest BCUT2D eigenvalue weighted by Crippen LogP contribution is -2.54. The predicted octanol–water partition coefficient (Wildman–Crippen LogP) is 3.49. The van der Waals surface area contributed by atoms with E-state index in [0.717, 1.165) is 82.7 Å². The molecule has 1 N–H and O–H groups in total.